The molecule has 0 saturated heterocycles. The summed E-state index contributed by atoms with van der Waals surface area (Å²) in [5.41, 5.74) is 0. The van der Waals surface area contributed by atoms with Crippen LogP contribution >= 0.6 is 0 Å². The van der Waals surface area contributed by atoms with Crippen molar-refractivity contribution in [1.29, 1.82) is 0 Å². The van der Waals surface area contributed by atoms with Crippen LogP contribution in [0.3, 0.4) is 0 Å². The Bertz CT molecular complexity index is 258. The van der Waals surface area contributed by atoms with Crippen molar-refractivity contribution < 1.29 is 14.4 Å². The summed E-state index contributed by atoms with van der Waals surface area (Å²) in [6.07, 6.45) is 2.13. The Balaban J connectivity index is 2.63. The molecule has 0 aliphatic rings. The lowest BCUT2D eigenvalue weighted by Gasteiger charge is -2.14. The molecule has 13 heavy (non-hydrogen) atoms. The number of nitrogens with zero attached hydrogens (tertiary/aromatic N) is 2. The van der Waals surface area contributed by atoms with Crippen molar-refractivity contribution in [2.45, 2.75) is 19.8 Å². The van der Waals surface area contributed by atoms with Crippen LogP contribution in [0.5, 0.6) is 0 Å². The van der Waals surface area contributed by atoms with E-state index in [0.717, 1.165) is 12.8 Å². The Morgan fingerprint density at radius 1 is 1.77 bits per heavy atom. The molecular formula is C8H12N2O3. The van der Waals surface area contributed by atoms with Crippen molar-refractivity contribution in [3.05, 3.63) is 12.3 Å². The van der Waals surface area contributed by atoms with E-state index in [-0.39, 0.29) is 0 Å². The standard InChI is InChI=1S/C8H12N2O3/c1-2-3-5-10(8(11)12)7-4-6-13-9-7/h4,6H,2-3,5H2,1H3,(H,11,12). The van der Waals surface area contributed by atoms with Gasteiger partial charge in [-0.2, -0.15) is 0 Å². The summed E-state index contributed by atoms with van der Waals surface area (Å²) >= 11 is 0. The largest absolute Gasteiger partial charge is 0.465 e. The second-order valence-electron chi connectivity index (χ2n) is 2.65. The third-order valence-corrected chi connectivity index (χ3v) is 1.67. The molecule has 0 aliphatic heterocycles. The van der Waals surface area contributed by atoms with E-state index in [1.807, 2.05) is 6.92 Å². The van der Waals surface area contributed by atoms with E-state index in [4.69, 9.17) is 5.11 Å². The Morgan fingerprint density at radius 3 is 3.00 bits per heavy atom. The quantitative estimate of drug-likeness (QED) is 0.776. The molecule has 0 atom stereocenters. The molecule has 1 amide bonds. The van der Waals surface area contributed by atoms with Crippen LogP contribution in [0.1, 0.15) is 19.8 Å². The maximum absolute atomic E-state index is 10.7. The van der Waals surface area contributed by atoms with Crippen molar-refractivity contribution in [2.24, 2.45) is 0 Å². The lowest BCUT2D eigenvalue weighted by molar-refractivity contribution is 0.201. The van der Waals surface area contributed by atoms with E-state index in [0.29, 0.717) is 12.4 Å². The average molecular weight is 184 g/mol. The number of aromatic nitrogens is 1. The number of carbonyl (C=O) groups is 1. The fourth-order valence-corrected chi connectivity index (χ4v) is 0.970. The summed E-state index contributed by atoms with van der Waals surface area (Å²) in [6, 6.07) is 1.53. The molecule has 0 unspecified atom stereocenters. The van der Waals surface area contributed by atoms with Crippen molar-refractivity contribution in [3.8, 4) is 0 Å². The Kier molecular flexibility index (Phi) is 3.31. The number of amides is 1. The zero-order valence-corrected chi connectivity index (χ0v) is 7.43. The summed E-state index contributed by atoms with van der Waals surface area (Å²) < 4.78 is 4.57. The number of unbranched alkanes of at least 4 members (excludes halogenated alkanes) is 1. The predicted octanol–water partition coefficient (Wildman–Crippen LogP) is 1.96. The molecule has 1 rings (SSSR count). The third kappa shape index (κ3) is 2.47. The first-order valence-electron chi connectivity index (χ1n) is 4.16. The molecule has 5 nitrogen and oxygen atoms in total. The van der Waals surface area contributed by atoms with Gasteiger partial charge in [0.05, 0.1) is 0 Å². The molecule has 0 saturated carbocycles. The molecule has 0 aliphatic carbocycles. The Hall–Kier alpha value is -1.52. The van der Waals surface area contributed by atoms with Crippen LogP contribution in [0.4, 0.5) is 10.6 Å². The first-order valence-corrected chi connectivity index (χ1v) is 4.16. The van der Waals surface area contributed by atoms with Crippen LogP contribution < -0.4 is 4.90 Å². The van der Waals surface area contributed by atoms with Crippen LogP contribution in [0.25, 0.3) is 0 Å². The van der Waals surface area contributed by atoms with Gasteiger partial charge in [-0.3, -0.25) is 4.90 Å². The molecule has 5 heteroatoms. The van der Waals surface area contributed by atoms with Gasteiger partial charge in [-0.15, -0.1) is 0 Å². The molecule has 0 fully saturated rings. The molecular weight excluding hydrogens is 172 g/mol. The maximum Gasteiger partial charge on any atom is 0.413 e. The van der Waals surface area contributed by atoms with Gasteiger partial charge < -0.3 is 9.63 Å². The van der Waals surface area contributed by atoms with Gasteiger partial charge in [0.25, 0.3) is 0 Å². The average Bonchev–Trinajstić information content (AvgIpc) is 2.57. The molecule has 0 aromatic carbocycles. The fourth-order valence-electron chi connectivity index (χ4n) is 0.970. The highest BCUT2D eigenvalue weighted by molar-refractivity contribution is 5.84. The molecule has 72 valence electrons. The van der Waals surface area contributed by atoms with E-state index < -0.39 is 6.09 Å². The summed E-state index contributed by atoms with van der Waals surface area (Å²) in [5.74, 6) is 0.348. The molecule has 1 aromatic heterocycles. The predicted molar refractivity (Wildman–Crippen MR) is 46.8 cm³/mol. The zero-order chi connectivity index (χ0) is 9.68. The number of rotatable bonds is 4. The van der Waals surface area contributed by atoms with Gasteiger partial charge in [-0.05, 0) is 6.42 Å². The first kappa shape index (κ1) is 9.57. The van der Waals surface area contributed by atoms with Gasteiger partial charge in [-0.25, -0.2) is 4.79 Å². The highest BCUT2D eigenvalue weighted by Crippen LogP contribution is 2.11. The fraction of sp³-hybridized carbons (Fsp3) is 0.500. The van der Waals surface area contributed by atoms with E-state index in [2.05, 4.69) is 9.68 Å². The minimum Gasteiger partial charge on any atom is -0.465 e. The van der Waals surface area contributed by atoms with Gasteiger partial charge in [0.1, 0.15) is 6.26 Å². The number of anilines is 1. The van der Waals surface area contributed by atoms with E-state index in [1.165, 1.54) is 17.2 Å². The summed E-state index contributed by atoms with van der Waals surface area (Å²) in [5, 5.41) is 12.4. The SMILES string of the molecule is CCCCN(C(=O)O)c1ccon1. The van der Waals surface area contributed by atoms with Gasteiger partial charge in [-0.1, -0.05) is 18.5 Å². The molecule has 0 radical (unpaired) electrons. The van der Waals surface area contributed by atoms with E-state index in [9.17, 15) is 4.79 Å². The van der Waals surface area contributed by atoms with Crippen LogP contribution in [0.15, 0.2) is 16.9 Å². The summed E-state index contributed by atoms with van der Waals surface area (Å²) in [7, 11) is 0. The molecule has 1 aromatic rings. The van der Waals surface area contributed by atoms with Crippen molar-refractivity contribution >= 4 is 11.9 Å². The number of carboxylic acid groups (broad SMARTS) is 1. The minimum absolute atomic E-state index is 0.348. The van der Waals surface area contributed by atoms with Crippen molar-refractivity contribution in [3.63, 3.8) is 0 Å². The molecule has 0 spiro atoms. The van der Waals surface area contributed by atoms with Gasteiger partial charge in [0, 0.05) is 12.6 Å². The molecule has 1 heterocycles. The zero-order valence-electron chi connectivity index (χ0n) is 7.43. The van der Waals surface area contributed by atoms with Gasteiger partial charge in [0.15, 0.2) is 5.82 Å². The minimum atomic E-state index is -0.998. The lowest BCUT2D eigenvalue weighted by Crippen LogP contribution is -2.30. The van der Waals surface area contributed by atoms with Crippen molar-refractivity contribution in [1.82, 2.24) is 5.16 Å². The highest BCUT2D eigenvalue weighted by Gasteiger charge is 2.15. The second-order valence-corrected chi connectivity index (χ2v) is 2.65. The number of hydrogen-bond acceptors (Lipinski definition) is 3. The number of hydrogen-bond donors (Lipinski definition) is 1. The highest BCUT2D eigenvalue weighted by atomic mass is 16.5. The van der Waals surface area contributed by atoms with Crippen LogP contribution in [-0.2, 0) is 0 Å². The van der Waals surface area contributed by atoms with Gasteiger partial charge >= 0.3 is 6.09 Å². The Labute approximate surface area is 75.9 Å². The third-order valence-electron chi connectivity index (χ3n) is 1.67. The molecule has 1 N–H and O–H groups in total. The topological polar surface area (TPSA) is 66.6 Å². The molecule has 0 bridgehead atoms. The van der Waals surface area contributed by atoms with Crippen LogP contribution in [-0.4, -0.2) is 22.9 Å². The van der Waals surface area contributed by atoms with Crippen LogP contribution in [0.2, 0.25) is 0 Å². The Morgan fingerprint density at radius 2 is 2.54 bits per heavy atom. The monoisotopic (exact) mass is 184 g/mol. The second kappa shape index (κ2) is 4.49. The van der Waals surface area contributed by atoms with Gasteiger partial charge in [0.2, 0.25) is 0 Å². The van der Waals surface area contributed by atoms with Crippen molar-refractivity contribution in [2.75, 3.05) is 11.4 Å². The maximum atomic E-state index is 10.7. The van der Waals surface area contributed by atoms with Crippen LogP contribution in [0, 0.1) is 0 Å². The first-order chi connectivity index (χ1) is 6.25. The van der Waals surface area contributed by atoms with E-state index >= 15 is 0 Å². The lowest BCUT2D eigenvalue weighted by atomic mass is 10.3. The normalized spacial score (nSPS) is 9.92. The van der Waals surface area contributed by atoms with E-state index in [1.54, 1.807) is 0 Å². The summed E-state index contributed by atoms with van der Waals surface area (Å²) in [6.45, 7) is 2.46. The smallest absolute Gasteiger partial charge is 0.413 e. The summed E-state index contributed by atoms with van der Waals surface area (Å²) in [4.78, 5) is 11.9.